The van der Waals surface area contributed by atoms with E-state index >= 15 is 0 Å². The SMILES string of the molecule is O=C(O)CC1(NC(=O)Cc2csc(COc3ccc(Cl)cc3)n2)CCC1. The van der Waals surface area contributed by atoms with Crippen molar-refractivity contribution >= 4 is 34.8 Å². The lowest BCUT2D eigenvalue weighted by Crippen LogP contribution is -2.55. The predicted octanol–water partition coefficient (Wildman–Crippen LogP) is 3.43. The molecule has 0 aliphatic heterocycles. The van der Waals surface area contributed by atoms with Crippen molar-refractivity contribution in [3.8, 4) is 5.75 Å². The van der Waals surface area contributed by atoms with Crippen LogP contribution in [0.5, 0.6) is 5.75 Å². The first kappa shape index (κ1) is 18.7. The number of halogens is 1. The highest BCUT2D eigenvalue weighted by molar-refractivity contribution is 7.09. The topological polar surface area (TPSA) is 88.5 Å². The summed E-state index contributed by atoms with van der Waals surface area (Å²) >= 11 is 7.26. The van der Waals surface area contributed by atoms with Gasteiger partial charge in [0, 0.05) is 10.4 Å². The third-order valence-corrected chi connectivity index (χ3v) is 5.44. The average molecular weight is 395 g/mol. The van der Waals surface area contributed by atoms with E-state index in [1.165, 1.54) is 11.3 Å². The van der Waals surface area contributed by atoms with E-state index in [2.05, 4.69) is 10.3 Å². The monoisotopic (exact) mass is 394 g/mol. The van der Waals surface area contributed by atoms with Gasteiger partial charge in [-0.2, -0.15) is 0 Å². The highest BCUT2D eigenvalue weighted by Crippen LogP contribution is 2.35. The Balaban J connectivity index is 1.50. The van der Waals surface area contributed by atoms with Gasteiger partial charge in [-0.25, -0.2) is 4.98 Å². The number of rotatable bonds is 8. The van der Waals surface area contributed by atoms with Crippen LogP contribution >= 0.6 is 22.9 Å². The zero-order valence-corrected chi connectivity index (χ0v) is 15.6. The van der Waals surface area contributed by atoms with E-state index in [4.69, 9.17) is 21.4 Å². The molecule has 1 aromatic carbocycles. The molecule has 2 aromatic rings. The minimum absolute atomic E-state index is 0.0318. The van der Waals surface area contributed by atoms with Crippen LogP contribution in [-0.4, -0.2) is 27.5 Å². The summed E-state index contributed by atoms with van der Waals surface area (Å²) in [6.07, 6.45) is 2.47. The summed E-state index contributed by atoms with van der Waals surface area (Å²) in [7, 11) is 0. The lowest BCUT2D eigenvalue weighted by Gasteiger charge is -2.41. The highest BCUT2D eigenvalue weighted by atomic mass is 35.5. The largest absolute Gasteiger partial charge is 0.486 e. The van der Waals surface area contributed by atoms with Gasteiger partial charge in [-0.1, -0.05) is 11.6 Å². The summed E-state index contributed by atoms with van der Waals surface area (Å²) in [5.74, 6) is -0.383. The van der Waals surface area contributed by atoms with Crippen molar-refractivity contribution in [3.63, 3.8) is 0 Å². The second kappa shape index (κ2) is 8.05. The van der Waals surface area contributed by atoms with Gasteiger partial charge in [0.05, 0.1) is 24.1 Å². The summed E-state index contributed by atoms with van der Waals surface area (Å²) in [4.78, 5) is 27.6. The molecule has 0 saturated heterocycles. The Bertz CT molecular complexity index is 787. The third kappa shape index (κ3) is 4.95. The molecule has 1 heterocycles. The van der Waals surface area contributed by atoms with Crippen molar-refractivity contribution in [2.45, 2.75) is 44.2 Å². The van der Waals surface area contributed by atoms with Gasteiger partial charge in [0.25, 0.3) is 0 Å². The molecule has 0 unspecified atom stereocenters. The molecule has 1 fully saturated rings. The molecule has 138 valence electrons. The van der Waals surface area contributed by atoms with E-state index in [1.807, 2.05) is 5.38 Å². The van der Waals surface area contributed by atoms with E-state index < -0.39 is 11.5 Å². The van der Waals surface area contributed by atoms with Gasteiger partial charge in [0.1, 0.15) is 17.4 Å². The van der Waals surface area contributed by atoms with Gasteiger partial charge in [-0.3, -0.25) is 9.59 Å². The van der Waals surface area contributed by atoms with Gasteiger partial charge in [-0.05, 0) is 43.5 Å². The van der Waals surface area contributed by atoms with Gasteiger partial charge in [0.15, 0.2) is 0 Å². The number of amides is 1. The molecular formula is C18H19ClN2O4S. The summed E-state index contributed by atoms with van der Waals surface area (Å²) in [6.45, 7) is 0.316. The first-order valence-corrected chi connectivity index (χ1v) is 9.54. The van der Waals surface area contributed by atoms with Crippen LogP contribution < -0.4 is 10.1 Å². The number of carboxylic acid groups (broad SMARTS) is 1. The molecule has 1 saturated carbocycles. The van der Waals surface area contributed by atoms with Crippen LogP contribution in [0.3, 0.4) is 0 Å². The average Bonchev–Trinajstić information content (AvgIpc) is 2.99. The fourth-order valence-corrected chi connectivity index (χ4v) is 3.75. The zero-order chi connectivity index (χ0) is 18.6. The Morgan fingerprint density at radius 2 is 2.04 bits per heavy atom. The highest BCUT2D eigenvalue weighted by Gasteiger charge is 2.40. The molecular weight excluding hydrogens is 376 g/mol. The zero-order valence-electron chi connectivity index (χ0n) is 14.0. The number of nitrogens with zero attached hydrogens (tertiary/aromatic N) is 1. The smallest absolute Gasteiger partial charge is 0.305 e. The van der Waals surface area contributed by atoms with Gasteiger partial charge in [0.2, 0.25) is 5.91 Å². The van der Waals surface area contributed by atoms with Crippen molar-refractivity contribution < 1.29 is 19.4 Å². The van der Waals surface area contributed by atoms with Crippen molar-refractivity contribution in [2.75, 3.05) is 0 Å². The molecule has 1 aliphatic carbocycles. The van der Waals surface area contributed by atoms with Crippen molar-refractivity contribution in [1.29, 1.82) is 0 Å². The maximum Gasteiger partial charge on any atom is 0.305 e. The van der Waals surface area contributed by atoms with E-state index in [0.29, 0.717) is 35.9 Å². The van der Waals surface area contributed by atoms with Crippen molar-refractivity contribution in [3.05, 3.63) is 45.4 Å². The molecule has 0 bridgehead atoms. The quantitative estimate of drug-likeness (QED) is 0.716. The first-order chi connectivity index (χ1) is 12.4. The Kier molecular flexibility index (Phi) is 5.78. The summed E-state index contributed by atoms with van der Waals surface area (Å²) < 4.78 is 5.64. The standard InChI is InChI=1S/C18H19ClN2O4S/c19-12-2-4-14(5-3-12)25-10-16-20-13(11-26-16)8-15(22)21-18(6-1-7-18)9-17(23)24/h2-5,11H,1,6-10H2,(H,21,22)(H,23,24). The molecule has 0 spiro atoms. The van der Waals surface area contributed by atoms with E-state index in [0.717, 1.165) is 11.4 Å². The Hall–Kier alpha value is -2.12. The van der Waals surface area contributed by atoms with Gasteiger partial charge < -0.3 is 15.2 Å². The molecule has 3 rings (SSSR count). The van der Waals surface area contributed by atoms with Crippen molar-refractivity contribution in [1.82, 2.24) is 10.3 Å². The molecule has 1 amide bonds. The third-order valence-electron chi connectivity index (χ3n) is 4.32. The Morgan fingerprint density at radius 3 is 2.65 bits per heavy atom. The number of ether oxygens (including phenoxy) is 1. The molecule has 6 nitrogen and oxygen atoms in total. The molecule has 0 radical (unpaired) electrons. The lowest BCUT2D eigenvalue weighted by atomic mass is 9.74. The van der Waals surface area contributed by atoms with E-state index in [9.17, 15) is 9.59 Å². The van der Waals surface area contributed by atoms with Crippen LogP contribution in [0.25, 0.3) is 0 Å². The van der Waals surface area contributed by atoms with Gasteiger partial charge in [-0.15, -0.1) is 11.3 Å². The number of benzene rings is 1. The number of hydrogen-bond donors (Lipinski definition) is 2. The number of carboxylic acids is 1. The fraction of sp³-hybridized carbons (Fsp3) is 0.389. The molecule has 8 heteroatoms. The number of carbonyl (C=O) groups excluding carboxylic acids is 1. The van der Waals surface area contributed by atoms with Crippen LogP contribution in [0.15, 0.2) is 29.6 Å². The number of carbonyl (C=O) groups is 2. The predicted molar refractivity (Wildman–Crippen MR) is 98.6 cm³/mol. The molecule has 2 N–H and O–H groups in total. The second-order valence-electron chi connectivity index (χ2n) is 6.40. The Morgan fingerprint density at radius 1 is 1.31 bits per heavy atom. The summed E-state index contributed by atoms with van der Waals surface area (Å²) in [6, 6.07) is 7.07. The minimum atomic E-state index is -0.889. The van der Waals surface area contributed by atoms with Crippen LogP contribution in [0.2, 0.25) is 5.02 Å². The first-order valence-electron chi connectivity index (χ1n) is 8.29. The number of aliphatic carboxylic acids is 1. The van der Waals surface area contributed by atoms with Crippen LogP contribution in [0.4, 0.5) is 0 Å². The number of nitrogens with one attached hydrogen (secondary N) is 1. The molecule has 0 atom stereocenters. The number of thiazole rings is 1. The summed E-state index contributed by atoms with van der Waals surface area (Å²) in [5.41, 5.74) is 0.0754. The van der Waals surface area contributed by atoms with E-state index in [1.54, 1.807) is 24.3 Å². The number of hydrogen-bond acceptors (Lipinski definition) is 5. The second-order valence-corrected chi connectivity index (χ2v) is 7.78. The minimum Gasteiger partial charge on any atom is -0.486 e. The van der Waals surface area contributed by atoms with Crippen LogP contribution in [-0.2, 0) is 22.6 Å². The molecule has 1 aliphatic rings. The molecule has 1 aromatic heterocycles. The Labute approximate surface area is 160 Å². The van der Waals surface area contributed by atoms with Crippen LogP contribution in [0, 0.1) is 0 Å². The molecule has 26 heavy (non-hydrogen) atoms. The van der Waals surface area contributed by atoms with Crippen LogP contribution in [0.1, 0.15) is 36.4 Å². The maximum absolute atomic E-state index is 12.2. The van der Waals surface area contributed by atoms with E-state index in [-0.39, 0.29) is 18.7 Å². The van der Waals surface area contributed by atoms with Gasteiger partial charge >= 0.3 is 5.97 Å². The summed E-state index contributed by atoms with van der Waals surface area (Å²) in [5, 5.41) is 15.1. The maximum atomic E-state index is 12.2. The fourth-order valence-electron chi connectivity index (χ4n) is 2.92. The van der Waals surface area contributed by atoms with Crippen molar-refractivity contribution in [2.24, 2.45) is 0 Å². The number of aromatic nitrogens is 1. The lowest BCUT2D eigenvalue weighted by molar-refractivity contribution is -0.140. The normalized spacial score (nSPS) is 15.1.